The summed E-state index contributed by atoms with van der Waals surface area (Å²) >= 11 is 0. The van der Waals surface area contributed by atoms with Gasteiger partial charge in [0.25, 0.3) is 0 Å². The Kier molecular flexibility index (Phi) is 2.11. The van der Waals surface area contributed by atoms with E-state index < -0.39 is 0 Å². The molecule has 1 saturated heterocycles. The van der Waals surface area contributed by atoms with E-state index >= 15 is 0 Å². The summed E-state index contributed by atoms with van der Waals surface area (Å²) < 4.78 is 2.19. The number of nitrogens with two attached hydrogens (primary N) is 1. The lowest BCUT2D eigenvalue weighted by Crippen LogP contribution is -2.15. The van der Waals surface area contributed by atoms with Gasteiger partial charge in [-0.2, -0.15) is 0 Å². The number of imidazole rings is 1. The number of aryl methyl sites for hydroxylation is 1. The van der Waals surface area contributed by atoms with Crippen LogP contribution in [0.15, 0.2) is 18.2 Å². The van der Waals surface area contributed by atoms with Gasteiger partial charge in [-0.25, -0.2) is 4.98 Å². The van der Waals surface area contributed by atoms with E-state index in [-0.39, 0.29) is 0 Å². The molecule has 4 nitrogen and oxygen atoms in total. The summed E-state index contributed by atoms with van der Waals surface area (Å²) in [5, 5.41) is 3.37. The maximum atomic E-state index is 6.03. The van der Waals surface area contributed by atoms with Gasteiger partial charge >= 0.3 is 0 Å². The van der Waals surface area contributed by atoms with Crippen LogP contribution in [0.1, 0.15) is 18.0 Å². The summed E-state index contributed by atoms with van der Waals surface area (Å²) in [6, 6.07) is 6.62. The number of nitrogens with one attached hydrogen (secondary N) is 1. The molecule has 0 radical (unpaired) electrons. The maximum absolute atomic E-state index is 6.03. The minimum absolute atomic E-state index is 0.450. The monoisotopic (exact) mass is 216 g/mol. The highest BCUT2D eigenvalue weighted by atomic mass is 15.2. The number of hydrogen-bond donors (Lipinski definition) is 2. The van der Waals surface area contributed by atoms with Crippen molar-refractivity contribution in [2.45, 2.75) is 19.4 Å². The Bertz CT molecular complexity index is 523. The lowest BCUT2D eigenvalue weighted by molar-refractivity contribution is 0.568. The number of para-hydroxylation sites is 1. The van der Waals surface area contributed by atoms with E-state index in [9.17, 15) is 0 Å². The molecule has 1 aromatic carbocycles. The van der Waals surface area contributed by atoms with Crippen molar-refractivity contribution in [3.8, 4) is 0 Å². The van der Waals surface area contributed by atoms with E-state index in [0.717, 1.165) is 25.0 Å². The van der Waals surface area contributed by atoms with Crippen molar-refractivity contribution in [3.63, 3.8) is 0 Å². The summed E-state index contributed by atoms with van der Waals surface area (Å²) in [6.07, 6.45) is 1.13. The van der Waals surface area contributed by atoms with Gasteiger partial charge in [0.2, 0.25) is 5.95 Å². The summed E-state index contributed by atoms with van der Waals surface area (Å²) in [5.74, 6) is 0.637. The number of benzene rings is 1. The minimum atomic E-state index is 0.450. The molecule has 1 atom stereocenters. The Morgan fingerprint density at radius 1 is 1.50 bits per heavy atom. The third-order valence-electron chi connectivity index (χ3n) is 3.34. The summed E-state index contributed by atoms with van der Waals surface area (Å²) in [4.78, 5) is 4.43. The molecule has 0 amide bonds. The van der Waals surface area contributed by atoms with Gasteiger partial charge in [0.15, 0.2) is 0 Å². The third kappa shape index (κ3) is 1.30. The predicted molar refractivity (Wildman–Crippen MR) is 65.4 cm³/mol. The van der Waals surface area contributed by atoms with Crippen molar-refractivity contribution < 1.29 is 0 Å². The molecule has 0 saturated carbocycles. The van der Waals surface area contributed by atoms with Gasteiger partial charge in [-0.15, -0.1) is 0 Å². The molecule has 0 aliphatic carbocycles. The van der Waals surface area contributed by atoms with Gasteiger partial charge in [0.1, 0.15) is 0 Å². The Morgan fingerprint density at radius 2 is 2.38 bits per heavy atom. The van der Waals surface area contributed by atoms with E-state index in [1.165, 1.54) is 11.1 Å². The molecule has 2 aromatic rings. The van der Waals surface area contributed by atoms with Gasteiger partial charge in [-0.1, -0.05) is 12.1 Å². The molecule has 1 aliphatic heterocycles. The smallest absolute Gasteiger partial charge is 0.201 e. The zero-order valence-electron chi connectivity index (χ0n) is 9.40. The van der Waals surface area contributed by atoms with Crippen LogP contribution in [0.2, 0.25) is 0 Å². The molecule has 1 aliphatic rings. The normalized spacial score (nSPS) is 20.7. The van der Waals surface area contributed by atoms with Crippen LogP contribution >= 0.6 is 0 Å². The molecule has 3 rings (SSSR count). The van der Waals surface area contributed by atoms with E-state index in [1.807, 2.05) is 12.1 Å². The van der Waals surface area contributed by atoms with Crippen LogP contribution in [-0.4, -0.2) is 22.6 Å². The number of anilines is 1. The molecule has 4 heteroatoms. The van der Waals surface area contributed by atoms with Crippen molar-refractivity contribution >= 4 is 17.0 Å². The first kappa shape index (κ1) is 9.66. The first-order valence-corrected chi connectivity index (χ1v) is 5.71. The number of fused-ring (bicyclic) bond motifs is 1. The Balaban J connectivity index is 2.25. The van der Waals surface area contributed by atoms with Crippen LogP contribution in [-0.2, 0) is 0 Å². The van der Waals surface area contributed by atoms with E-state index in [2.05, 4.69) is 27.9 Å². The molecule has 0 bridgehead atoms. The molecule has 3 N–H and O–H groups in total. The number of aromatic nitrogens is 2. The zero-order valence-corrected chi connectivity index (χ0v) is 9.40. The zero-order chi connectivity index (χ0) is 11.1. The van der Waals surface area contributed by atoms with Crippen molar-refractivity contribution in [1.29, 1.82) is 0 Å². The van der Waals surface area contributed by atoms with Crippen LogP contribution < -0.4 is 11.1 Å². The maximum Gasteiger partial charge on any atom is 0.201 e. The Labute approximate surface area is 94.5 Å². The largest absolute Gasteiger partial charge is 0.369 e. The second kappa shape index (κ2) is 3.49. The first-order chi connectivity index (χ1) is 7.77. The molecule has 0 spiro atoms. The second-order valence-corrected chi connectivity index (χ2v) is 4.43. The van der Waals surface area contributed by atoms with Crippen LogP contribution in [0.4, 0.5) is 5.95 Å². The third-order valence-corrected chi connectivity index (χ3v) is 3.34. The van der Waals surface area contributed by atoms with Crippen LogP contribution in [0.3, 0.4) is 0 Å². The minimum Gasteiger partial charge on any atom is -0.369 e. The van der Waals surface area contributed by atoms with Gasteiger partial charge in [0.05, 0.1) is 17.1 Å². The summed E-state index contributed by atoms with van der Waals surface area (Å²) in [5.41, 5.74) is 9.46. The van der Waals surface area contributed by atoms with Gasteiger partial charge < -0.3 is 15.6 Å². The average molecular weight is 216 g/mol. The van der Waals surface area contributed by atoms with Crippen molar-refractivity contribution in [1.82, 2.24) is 14.9 Å². The van der Waals surface area contributed by atoms with Crippen LogP contribution in [0.25, 0.3) is 11.0 Å². The molecule has 1 unspecified atom stereocenters. The fraction of sp³-hybridized carbons (Fsp3) is 0.417. The number of hydrogen-bond acceptors (Lipinski definition) is 3. The van der Waals surface area contributed by atoms with Gasteiger partial charge in [0, 0.05) is 6.54 Å². The van der Waals surface area contributed by atoms with E-state index in [4.69, 9.17) is 5.73 Å². The molecular formula is C12H16N4. The standard InChI is InChI=1S/C12H16N4/c1-8-3-2-4-10-11(8)16(12(13)15-10)9-5-6-14-7-9/h2-4,9,14H,5-7H2,1H3,(H2,13,15). The Hall–Kier alpha value is -1.55. The topological polar surface area (TPSA) is 55.9 Å². The number of rotatable bonds is 1. The van der Waals surface area contributed by atoms with Gasteiger partial charge in [-0.05, 0) is 31.5 Å². The van der Waals surface area contributed by atoms with Crippen molar-refractivity contribution in [2.24, 2.45) is 0 Å². The Morgan fingerprint density at radius 3 is 3.12 bits per heavy atom. The highest BCUT2D eigenvalue weighted by Gasteiger charge is 2.21. The fourth-order valence-electron chi connectivity index (χ4n) is 2.57. The predicted octanol–water partition coefficient (Wildman–Crippen LogP) is 1.46. The van der Waals surface area contributed by atoms with E-state index in [0.29, 0.717) is 12.0 Å². The van der Waals surface area contributed by atoms with Crippen LogP contribution in [0, 0.1) is 6.92 Å². The van der Waals surface area contributed by atoms with Crippen LogP contribution in [0.5, 0.6) is 0 Å². The highest BCUT2D eigenvalue weighted by molar-refractivity contribution is 5.81. The fourth-order valence-corrected chi connectivity index (χ4v) is 2.57. The first-order valence-electron chi connectivity index (χ1n) is 5.71. The molecule has 1 fully saturated rings. The molecule has 1 aromatic heterocycles. The number of nitrogen functional groups attached to an aromatic ring is 1. The lowest BCUT2D eigenvalue weighted by Gasteiger charge is -2.14. The van der Waals surface area contributed by atoms with Gasteiger partial charge in [-0.3, -0.25) is 0 Å². The quantitative estimate of drug-likeness (QED) is 0.758. The second-order valence-electron chi connectivity index (χ2n) is 4.43. The summed E-state index contributed by atoms with van der Waals surface area (Å²) in [6.45, 7) is 4.17. The highest BCUT2D eigenvalue weighted by Crippen LogP contribution is 2.28. The molecule has 16 heavy (non-hydrogen) atoms. The summed E-state index contributed by atoms with van der Waals surface area (Å²) in [7, 11) is 0. The SMILES string of the molecule is Cc1cccc2nc(N)n(C3CCNC3)c12. The number of nitrogens with zero attached hydrogens (tertiary/aromatic N) is 2. The molecule has 84 valence electrons. The van der Waals surface area contributed by atoms with E-state index in [1.54, 1.807) is 0 Å². The van der Waals surface area contributed by atoms with Crippen molar-refractivity contribution in [2.75, 3.05) is 18.8 Å². The average Bonchev–Trinajstić information content (AvgIpc) is 2.84. The molecular weight excluding hydrogens is 200 g/mol. The molecule has 2 heterocycles. The van der Waals surface area contributed by atoms with Crippen molar-refractivity contribution in [3.05, 3.63) is 23.8 Å². The lowest BCUT2D eigenvalue weighted by atomic mass is 10.2.